The van der Waals surface area contributed by atoms with Gasteiger partial charge in [0.1, 0.15) is 12.4 Å². The number of amides is 2. The molecule has 1 aliphatic rings. The van der Waals surface area contributed by atoms with Crippen LogP contribution in [0.15, 0.2) is 71.7 Å². The molecule has 7 heteroatoms. The molecule has 160 valence electrons. The second-order valence-electron chi connectivity index (χ2n) is 7.61. The van der Waals surface area contributed by atoms with Crippen molar-refractivity contribution in [2.45, 2.75) is 31.9 Å². The third-order valence-corrected chi connectivity index (χ3v) is 5.45. The molecule has 0 bridgehead atoms. The van der Waals surface area contributed by atoms with Crippen LogP contribution < -0.4 is 10.1 Å². The quantitative estimate of drug-likeness (QED) is 0.656. The lowest BCUT2D eigenvalue weighted by Crippen LogP contribution is -2.46. The predicted octanol–water partition coefficient (Wildman–Crippen LogP) is 3.85. The summed E-state index contributed by atoms with van der Waals surface area (Å²) in [6.45, 7) is 3.15. The number of ether oxygens (including phenoxy) is 1. The highest BCUT2D eigenvalue weighted by molar-refractivity contribution is 5.94. The Bertz CT molecular complexity index is 995. The summed E-state index contributed by atoms with van der Waals surface area (Å²) < 4.78 is 10.8. The molecule has 1 N–H and O–H groups in total. The van der Waals surface area contributed by atoms with Crippen LogP contribution in [0.1, 0.15) is 52.1 Å². The molecular weight excluding hydrogens is 394 g/mol. The molecule has 7 nitrogen and oxygen atoms in total. The first-order chi connectivity index (χ1) is 15.1. The van der Waals surface area contributed by atoms with Gasteiger partial charge < -0.3 is 19.4 Å². The fourth-order valence-corrected chi connectivity index (χ4v) is 3.62. The van der Waals surface area contributed by atoms with E-state index in [1.54, 1.807) is 23.1 Å². The summed E-state index contributed by atoms with van der Waals surface area (Å²) in [4.78, 5) is 31.0. The SMILES string of the molecule is CC(Oc1ccc(C(=O)NC2CCN(C(=O)c3ccoc3)CC2)cn1)c1ccccc1. The number of carbonyl (C=O) groups excluding carboxylic acids is 2. The number of rotatable bonds is 6. The Hall–Kier alpha value is -3.61. The summed E-state index contributed by atoms with van der Waals surface area (Å²) in [5, 5.41) is 3.04. The van der Waals surface area contributed by atoms with Gasteiger partial charge in [-0.3, -0.25) is 9.59 Å². The first kappa shape index (κ1) is 20.7. The van der Waals surface area contributed by atoms with Crippen molar-refractivity contribution in [2.24, 2.45) is 0 Å². The summed E-state index contributed by atoms with van der Waals surface area (Å²) in [6, 6.07) is 15.0. The maximum atomic E-state index is 12.6. The van der Waals surface area contributed by atoms with E-state index in [2.05, 4.69) is 10.3 Å². The minimum absolute atomic E-state index is 0.0231. The summed E-state index contributed by atoms with van der Waals surface area (Å²) >= 11 is 0. The van der Waals surface area contributed by atoms with Gasteiger partial charge in [-0.2, -0.15) is 0 Å². The number of pyridine rings is 1. The maximum Gasteiger partial charge on any atom is 0.257 e. The molecule has 1 unspecified atom stereocenters. The number of nitrogens with zero attached hydrogens (tertiary/aromatic N) is 2. The number of benzene rings is 1. The summed E-state index contributed by atoms with van der Waals surface area (Å²) in [5.41, 5.74) is 2.10. The van der Waals surface area contributed by atoms with Gasteiger partial charge in [0.2, 0.25) is 5.88 Å². The molecule has 0 radical (unpaired) electrons. The Balaban J connectivity index is 1.27. The van der Waals surface area contributed by atoms with Crippen LogP contribution in [0.4, 0.5) is 0 Å². The Labute approximate surface area is 181 Å². The van der Waals surface area contributed by atoms with Crippen LogP contribution in [-0.2, 0) is 0 Å². The molecule has 4 rings (SSSR count). The molecule has 2 amide bonds. The van der Waals surface area contributed by atoms with Crippen LogP contribution in [0.5, 0.6) is 5.88 Å². The van der Waals surface area contributed by atoms with Crippen molar-refractivity contribution >= 4 is 11.8 Å². The number of nitrogens with one attached hydrogen (secondary N) is 1. The van der Waals surface area contributed by atoms with E-state index < -0.39 is 0 Å². The highest BCUT2D eigenvalue weighted by atomic mass is 16.5. The van der Waals surface area contributed by atoms with Gasteiger partial charge in [0, 0.05) is 31.4 Å². The van der Waals surface area contributed by atoms with E-state index in [-0.39, 0.29) is 24.0 Å². The fourth-order valence-electron chi connectivity index (χ4n) is 3.62. The predicted molar refractivity (Wildman–Crippen MR) is 115 cm³/mol. The fraction of sp³-hybridized carbons (Fsp3) is 0.292. The minimum atomic E-state index is -0.172. The lowest BCUT2D eigenvalue weighted by Gasteiger charge is -2.32. The van der Waals surface area contributed by atoms with E-state index in [1.807, 2.05) is 37.3 Å². The van der Waals surface area contributed by atoms with Crippen LogP contribution in [0.2, 0.25) is 0 Å². The Kier molecular flexibility index (Phi) is 6.31. The normalized spacial score (nSPS) is 15.3. The average molecular weight is 419 g/mol. The van der Waals surface area contributed by atoms with Gasteiger partial charge in [0.25, 0.3) is 11.8 Å². The number of hydrogen-bond donors (Lipinski definition) is 1. The zero-order valence-electron chi connectivity index (χ0n) is 17.4. The number of likely N-dealkylation sites (tertiary alicyclic amines) is 1. The second kappa shape index (κ2) is 9.47. The molecule has 0 aliphatic carbocycles. The van der Waals surface area contributed by atoms with Crippen molar-refractivity contribution in [1.29, 1.82) is 0 Å². The lowest BCUT2D eigenvalue weighted by molar-refractivity contribution is 0.0697. The zero-order chi connectivity index (χ0) is 21.6. The molecule has 1 fully saturated rings. The second-order valence-corrected chi connectivity index (χ2v) is 7.61. The van der Waals surface area contributed by atoms with Crippen molar-refractivity contribution in [3.8, 4) is 5.88 Å². The molecule has 2 aromatic heterocycles. The highest BCUT2D eigenvalue weighted by Crippen LogP contribution is 2.20. The van der Waals surface area contributed by atoms with Crippen LogP contribution >= 0.6 is 0 Å². The van der Waals surface area contributed by atoms with Crippen molar-refractivity contribution < 1.29 is 18.7 Å². The number of carbonyl (C=O) groups is 2. The molecule has 0 saturated carbocycles. The van der Waals surface area contributed by atoms with Gasteiger partial charge >= 0.3 is 0 Å². The minimum Gasteiger partial charge on any atom is -0.472 e. The monoisotopic (exact) mass is 419 g/mol. The number of hydrogen-bond acceptors (Lipinski definition) is 5. The van der Waals surface area contributed by atoms with Gasteiger partial charge in [0.15, 0.2) is 0 Å². The van der Waals surface area contributed by atoms with Gasteiger partial charge in [-0.05, 0) is 37.5 Å². The molecule has 0 spiro atoms. The van der Waals surface area contributed by atoms with Crippen LogP contribution in [0.25, 0.3) is 0 Å². The van der Waals surface area contributed by atoms with E-state index in [0.29, 0.717) is 42.9 Å². The number of piperidine rings is 1. The van der Waals surface area contributed by atoms with Gasteiger partial charge in [0.05, 0.1) is 17.4 Å². The molecule has 1 saturated heterocycles. The molecule has 3 aromatic rings. The Morgan fingerprint density at radius 1 is 1.10 bits per heavy atom. The first-order valence-corrected chi connectivity index (χ1v) is 10.4. The standard InChI is InChI=1S/C24H25N3O4/c1-17(18-5-3-2-4-6-18)31-22-8-7-19(15-25-22)23(28)26-21-9-12-27(13-10-21)24(29)20-11-14-30-16-20/h2-8,11,14-17,21H,9-10,12-13H2,1H3,(H,26,28). The number of furan rings is 1. The van der Waals surface area contributed by atoms with Crippen LogP contribution in [-0.4, -0.2) is 40.8 Å². The average Bonchev–Trinajstić information content (AvgIpc) is 3.35. The van der Waals surface area contributed by atoms with Crippen LogP contribution in [0.3, 0.4) is 0 Å². The maximum absolute atomic E-state index is 12.6. The van der Waals surface area contributed by atoms with E-state index in [1.165, 1.54) is 18.7 Å². The van der Waals surface area contributed by atoms with E-state index in [0.717, 1.165) is 5.56 Å². The number of aromatic nitrogens is 1. The molecule has 1 aliphatic heterocycles. The lowest BCUT2D eigenvalue weighted by atomic mass is 10.0. The molecule has 31 heavy (non-hydrogen) atoms. The van der Waals surface area contributed by atoms with Crippen molar-refractivity contribution in [2.75, 3.05) is 13.1 Å². The first-order valence-electron chi connectivity index (χ1n) is 10.4. The summed E-state index contributed by atoms with van der Waals surface area (Å²) in [7, 11) is 0. The zero-order valence-corrected chi connectivity index (χ0v) is 17.4. The van der Waals surface area contributed by atoms with Crippen molar-refractivity contribution in [1.82, 2.24) is 15.2 Å². The topological polar surface area (TPSA) is 84.7 Å². The summed E-state index contributed by atoms with van der Waals surface area (Å²) in [6.07, 6.45) is 5.75. The van der Waals surface area contributed by atoms with E-state index >= 15 is 0 Å². The van der Waals surface area contributed by atoms with Crippen molar-refractivity contribution in [3.05, 3.63) is 83.9 Å². The van der Waals surface area contributed by atoms with Crippen molar-refractivity contribution in [3.63, 3.8) is 0 Å². The summed E-state index contributed by atoms with van der Waals surface area (Å²) in [5.74, 6) is 0.261. The van der Waals surface area contributed by atoms with Gasteiger partial charge in [-0.15, -0.1) is 0 Å². The molecule has 3 heterocycles. The molecule has 1 atom stereocenters. The highest BCUT2D eigenvalue weighted by Gasteiger charge is 2.25. The van der Waals surface area contributed by atoms with E-state index in [4.69, 9.17) is 9.15 Å². The molecule has 1 aromatic carbocycles. The largest absolute Gasteiger partial charge is 0.472 e. The molecular formula is C24H25N3O4. The third-order valence-electron chi connectivity index (χ3n) is 5.45. The van der Waals surface area contributed by atoms with Gasteiger partial charge in [-0.25, -0.2) is 4.98 Å². The van der Waals surface area contributed by atoms with E-state index in [9.17, 15) is 9.59 Å². The Morgan fingerprint density at radius 2 is 1.87 bits per heavy atom. The van der Waals surface area contributed by atoms with Crippen LogP contribution in [0, 0.1) is 0 Å². The third kappa shape index (κ3) is 5.12. The smallest absolute Gasteiger partial charge is 0.257 e. The Morgan fingerprint density at radius 3 is 2.52 bits per heavy atom. The van der Waals surface area contributed by atoms with Gasteiger partial charge in [-0.1, -0.05) is 30.3 Å².